The number of sulfonamides is 1. The fourth-order valence-corrected chi connectivity index (χ4v) is 4.80. The molecule has 0 radical (unpaired) electrons. The maximum Gasteiger partial charge on any atom is 0.264 e. The lowest BCUT2D eigenvalue weighted by Gasteiger charge is -2.31. The van der Waals surface area contributed by atoms with Crippen molar-refractivity contribution in [3.8, 4) is 11.5 Å². The van der Waals surface area contributed by atoms with Crippen LogP contribution in [0.1, 0.15) is 24.1 Å². The van der Waals surface area contributed by atoms with Crippen molar-refractivity contribution in [2.75, 3.05) is 18.5 Å². The topological polar surface area (TPSA) is 55.8 Å². The Morgan fingerprint density at radius 3 is 2.03 bits per heavy atom. The minimum Gasteiger partial charge on any atom is -0.497 e. The van der Waals surface area contributed by atoms with Gasteiger partial charge in [0.25, 0.3) is 10.0 Å². The Balaban J connectivity index is 2.13. The molecule has 0 aliphatic rings. The standard InChI is InChI=1S/C23H25NO4S/c1-17-8-10-19(11-9-17)18(2)24(20-6-5-7-22(16-20)28-4)29(25,26)23-14-12-21(27-3)13-15-23/h5-16,18H,1-4H3/t18-/m1/s1. The van der Waals surface area contributed by atoms with Crippen LogP contribution in [-0.2, 0) is 10.0 Å². The summed E-state index contributed by atoms with van der Waals surface area (Å²) in [6.45, 7) is 3.88. The predicted molar refractivity (Wildman–Crippen MR) is 115 cm³/mol. The number of hydrogen-bond acceptors (Lipinski definition) is 4. The van der Waals surface area contributed by atoms with E-state index in [-0.39, 0.29) is 4.90 Å². The molecule has 0 bridgehead atoms. The molecule has 3 aromatic rings. The fraction of sp³-hybridized carbons (Fsp3) is 0.217. The van der Waals surface area contributed by atoms with Crippen LogP contribution in [0.15, 0.2) is 77.7 Å². The Morgan fingerprint density at radius 2 is 1.45 bits per heavy atom. The summed E-state index contributed by atoms with van der Waals surface area (Å²) in [7, 11) is -0.732. The summed E-state index contributed by atoms with van der Waals surface area (Å²) in [6, 6.07) is 20.9. The number of methoxy groups -OCH3 is 2. The van der Waals surface area contributed by atoms with Crippen molar-refractivity contribution in [3.63, 3.8) is 0 Å². The zero-order valence-electron chi connectivity index (χ0n) is 17.0. The van der Waals surface area contributed by atoms with Crippen LogP contribution in [0, 0.1) is 6.92 Å². The number of nitrogens with zero attached hydrogens (tertiary/aromatic N) is 1. The van der Waals surface area contributed by atoms with Crippen molar-refractivity contribution in [1.29, 1.82) is 0 Å². The number of anilines is 1. The first-order chi connectivity index (χ1) is 13.9. The zero-order chi connectivity index (χ0) is 21.0. The monoisotopic (exact) mass is 411 g/mol. The molecule has 1 atom stereocenters. The summed E-state index contributed by atoms with van der Waals surface area (Å²) in [5.74, 6) is 1.19. The summed E-state index contributed by atoms with van der Waals surface area (Å²) in [5.41, 5.74) is 2.55. The van der Waals surface area contributed by atoms with E-state index < -0.39 is 16.1 Å². The van der Waals surface area contributed by atoms with Gasteiger partial charge >= 0.3 is 0 Å². The highest BCUT2D eigenvalue weighted by Gasteiger charge is 2.30. The lowest BCUT2D eigenvalue weighted by Crippen LogP contribution is -2.33. The predicted octanol–water partition coefficient (Wildman–Crippen LogP) is 4.97. The van der Waals surface area contributed by atoms with Gasteiger partial charge in [-0.2, -0.15) is 0 Å². The van der Waals surface area contributed by atoms with E-state index in [2.05, 4.69) is 0 Å². The third-order valence-corrected chi connectivity index (χ3v) is 6.75. The highest BCUT2D eigenvalue weighted by atomic mass is 32.2. The fourth-order valence-electron chi connectivity index (χ4n) is 3.16. The molecule has 0 aliphatic carbocycles. The van der Waals surface area contributed by atoms with Gasteiger partial charge in [-0.1, -0.05) is 35.9 Å². The quantitative estimate of drug-likeness (QED) is 0.551. The first-order valence-corrected chi connectivity index (χ1v) is 10.7. The Bertz CT molecular complexity index is 1060. The second-order valence-corrected chi connectivity index (χ2v) is 8.58. The van der Waals surface area contributed by atoms with Gasteiger partial charge in [0.05, 0.1) is 30.8 Å². The van der Waals surface area contributed by atoms with Gasteiger partial charge in [0.1, 0.15) is 11.5 Å². The molecule has 0 heterocycles. The number of rotatable bonds is 7. The summed E-state index contributed by atoms with van der Waals surface area (Å²) >= 11 is 0. The second kappa shape index (κ2) is 8.57. The Kier molecular flexibility index (Phi) is 6.13. The van der Waals surface area contributed by atoms with Crippen LogP contribution < -0.4 is 13.8 Å². The van der Waals surface area contributed by atoms with Gasteiger partial charge in [0.15, 0.2) is 0 Å². The van der Waals surface area contributed by atoms with Gasteiger partial charge in [0.2, 0.25) is 0 Å². The molecule has 6 heteroatoms. The Labute approximate surface area is 172 Å². The van der Waals surface area contributed by atoms with Crippen molar-refractivity contribution in [1.82, 2.24) is 0 Å². The van der Waals surface area contributed by atoms with Crippen LogP contribution in [0.25, 0.3) is 0 Å². The minimum absolute atomic E-state index is 0.195. The van der Waals surface area contributed by atoms with Crippen molar-refractivity contribution >= 4 is 15.7 Å². The molecule has 3 rings (SSSR count). The lowest BCUT2D eigenvalue weighted by atomic mass is 10.1. The van der Waals surface area contributed by atoms with Crippen LogP contribution >= 0.6 is 0 Å². The second-order valence-electron chi connectivity index (χ2n) is 6.76. The third kappa shape index (κ3) is 4.38. The molecule has 0 unspecified atom stereocenters. The average molecular weight is 412 g/mol. The van der Waals surface area contributed by atoms with Crippen LogP contribution in [0.5, 0.6) is 11.5 Å². The summed E-state index contributed by atoms with van der Waals surface area (Å²) < 4.78 is 39.2. The molecule has 0 saturated heterocycles. The molecule has 152 valence electrons. The van der Waals surface area contributed by atoms with Gasteiger partial charge < -0.3 is 9.47 Å². The number of benzene rings is 3. The molecule has 29 heavy (non-hydrogen) atoms. The van der Waals surface area contributed by atoms with Crippen LogP contribution in [-0.4, -0.2) is 22.6 Å². The molecule has 0 fully saturated rings. The van der Waals surface area contributed by atoms with Crippen molar-refractivity contribution in [3.05, 3.63) is 83.9 Å². The molecule has 5 nitrogen and oxygen atoms in total. The maximum absolute atomic E-state index is 13.7. The van der Waals surface area contributed by atoms with E-state index in [1.165, 1.54) is 4.31 Å². The molecule has 0 amide bonds. The summed E-state index contributed by atoms with van der Waals surface area (Å²) in [5, 5.41) is 0. The van der Waals surface area contributed by atoms with Crippen LogP contribution in [0.3, 0.4) is 0 Å². The average Bonchev–Trinajstić information content (AvgIpc) is 2.74. The van der Waals surface area contributed by atoms with E-state index in [0.717, 1.165) is 11.1 Å². The minimum atomic E-state index is -3.84. The number of hydrogen-bond donors (Lipinski definition) is 0. The van der Waals surface area contributed by atoms with E-state index in [1.807, 2.05) is 38.1 Å². The highest BCUT2D eigenvalue weighted by Crippen LogP contribution is 2.35. The molecular formula is C23H25NO4S. The van der Waals surface area contributed by atoms with E-state index in [0.29, 0.717) is 17.2 Å². The molecule has 0 aromatic heterocycles. The van der Waals surface area contributed by atoms with E-state index in [4.69, 9.17) is 9.47 Å². The molecule has 3 aromatic carbocycles. The normalized spacial score (nSPS) is 12.3. The molecule has 0 aliphatic heterocycles. The van der Waals surface area contributed by atoms with Gasteiger partial charge in [-0.05, 0) is 55.8 Å². The SMILES string of the molecule is COc1ccc(S(=O)(=O)N(c2cccc(OC)c2)[C@H](C)c2ccc(C)cc2)cc1. The lowest BCUT2D eigenvalue weighted by molar-refractivity contribution is 0.414. The van der Waals surface area contributed by atoms with Crippen molar-refractivity contribution in [2.45, 2.75) is 24.8 Å². The van der Waals surface area contributed by atoms with Gasteiger partial charge in [-0.3, -0.25) is 4.31 Å². The summed E-state index contributed by atoms with van der Waals surface area (Å²) in [6.07, 6.45) is 0. The Morgan fingerprint density at radius 1 is 0.828 bits per heavy atom. The van der Waals surface area contributed by atoms with Crippen LogP contribution in [0.4, 0.5) is 5.69 Å². The smallest absolute Gasteiger partial charge is 0.264 e. The van der Waals surface area contributed by atoms with E-state index in [9.17, 15) is 8.42 Å². The first-order valence-electron chi connectivity index (χ1n) is 9.26. The van der Waals surface area contributed by atoms with Crippen LogP contribution in [0.2, 0.25) is 0 Å². The largest absolute Gasteiger partial charge is 0.497 e. The zero-order valence-corrected chi connectivity index (χ0v) is 17.8. The maximum atomic E-state index is 13.7. The van der Waals surface area contributed by atoms with E-state index in [1.54, 1.807) is 62.8 Å². The van der Waals surface area contributed by atoms with Gasteiger partial charge in [-0.25, -0.2) is 8.42 Å². The molecular weight excluding hydrogens is 386 g/mol. The molecule has 0 spiro atoms. The number of aryl methyl sites for hydroxylation is 1. The third-order valence-electron chi connectivity index (χ3n) is 4.84. The highest BCUT2D eigenvalue weighted by molar-refractivity contribution is 7.92. The molecule has 0 N–H and O–H groups in total. The van der Waals surface area contributed by atoms with Gasteiger partial charge in [0, 0.05) is 6.07 Å². The first kappa shape index (κ1) is 20.7. The number of ether oxygens (including phenoxy) is 2. The van der Waals surface area contributed by atoms with Crippen molar-refractivity contribution < 1.29 is 17.9 Å². The van der Waals surface area contributed by atoms with Gasteiger partial charge in [-0.15, -0.1) is 0 Å². The Hall–Kier alpha value is -2.99. The molecule has 0 saturated carbocycles. The van der Waals surface area contributed by atoms with Crippen molar-refractivity contribution in [2.24, 2.45) is 0 Å². The summed E-state index contributed by atoms with van der Waals surface area (Å²) in [4.78, 5) is 0.195. The van der Waals surface area contributed by atoms with E-state index >= 15 is 0 Å².